The van der Waals surface area contributed by atoms with Crippen LogP contribution in [0.1, 0.15) is 26.7 Å². The van der Waals surface area contributed by atoms with Crippen LogP contribution in [0.5, 0.6) is 0 Å². The van der Waals surface area contributed by atoms with Gasteiger partial charge in [0, 0.05) is 0 Å². The molecular weight excluding hydrogens is 252 g/mol. The predicted molar refractivity (Wildman–Crippen MR) is 65.2 cm³/mol. The third kappa shape index (κ3) is 2.18. The highest BCUT2D eigenvalue weighted by Gasteiger charge is 2.59. The molecule has 1 fully saturated rings. The van der Waals surface area contributed by atoms with Gasteiger partial charge in [-0.15, -0.1) is 0 Å². The summed E-state index contributed by atoms with van der Waals surface area (Å²) in [5, 5.41) is 3.73. The number of hydrogen-bond donors (Lipinski definition) is 1. The third-order valence-electron chi connectivity index (χ3n) is 3.50. The van der Waals surface area contributed by atoms with Crippen molar-refractivity contribution in [2.45, 2.75) is 38.3 Å². The summed E-state index contributed by atoms with van der Waals surface area (Å²) in [7, 11) is 0. The standard InChI is InChI=1S/C12H18N2O5/c1-3-17-10(15)8-7-5-6-12(13,9(7)19-14-8)11(16)18-4-2/h7,9H,3-6,13H2,1-2H3/t7-,9+,12+/m1/s1. The highest BCUT2D eigenvalue weighted by atomic mass is 16.7. The van der Waals surface area contributed by atoms with Crippen LogP contribution in [0.25, 0.3) is 0 Å². The van der Waals surface area contributed by atoms with E-state index in [1.165, 1.54) is 0 Å². The molecule has 0 spiro atoms. The maximum atomic E-state index is 11.9. The number of rotatable bonds is 4. The van der Waals surface area contributed by atoms with Crippen molar-refractivity contribution in [1.82, 2.24) is 0 Å². The number of esters is 2. The minimum absolute atomic E-state index is 0.212. The minimum Gasteiger partial charge on any atom is -0.465 e. The number of hydrogen-bond acceptors (Lipinski definition) is 7. The van der Waals surface area contributed by atoms with Gasteiger partial charge in [0.2, 0.25) is 0 Å². The van der Waals surface area contributed by atoms with Crippen LogP contribution in [-0.4, -0.2) is 42.5 Å². The van der Waals surface area contributed by atoms with Crippen LogP contribution in [0.15, 0.2) is 5.16 Å². The fourth-order valence-corrected chi connectivity index (χ4v) is 2.55. The molecule has 3 atom stereocenters. The molecule has 7 nitrogen and oxygen atoms in total. The second kappa shape index (κ2) is 5.16. The van der Waals surface area contributed by atoms with E-state index in [2.05, 4.69) is 5.16 Å². The number of carbonyl (C=O) groups excluding carboxylic acids is 2. The molecule has 1 saturated carbocycles. The Morgan fingerprint density at radius 2 is 2.11 bits per heavy atom. The largest absolute Gasteiger partial charge is 0.465 e. The molecule has 0 aromatic rings. The van der Waals surface area contributed by atoms with Crippen molar-refractivity contribution in [2.24, 2.45) is 16.8 Å². The van der Waals surface area contributed by atoms with Crippen molar-refractivity contribution in [2.75, 3.05) is 13.2 Å². The van der Waals surface area contributed by atoms with Crippen LogP contribution in [-0.2, 0) is 23.9 Å². The van der Waals surface area contributed by atoms with Crippen molar-refractivity contribution >= 4 is 17.7 Å². The average Bonchev–Trinajstić information content (AvgIpc) is 2.92. The molecule has 0 radical (unpaired) electrons. The normalized spacial score (nSPS) is 32.3. The quantitative estimate of drug-likeness (QED) is 0.720. The molecule has 2 rings (SSSR count). The molecule has 2 N–H and O–H groups in total. The lowest BCUT2D eigenvalue weighted by atomic mass is 9.92. The zero-order valence-corrected chi connectivity index (χ0v) is 11.0. The second-order valence-electron chi connectivity index (χ2n) is 4.63. The van der Waals surface area contributed by atoms with Crippen LogP contribution < -0.4 is 5.73 Å². The predicted octanol–water partition coefficient (Wildman–Crippen LogP) is -0.0251. The Balaban J connectivity index is 2.11. The van der Waals surface area contributed by atoms with Crippen LogP contribution in [0.4, 0.5) is 0 Å². The summed E-state index contributed by atoms with van der Waals surface area (Å²) in [4.78, 5) is 28.8. The number of nitrogens with zero attached hydrogens (tertiary/aromatic N) is 1. The molecule has 0 bridgehead atoms. The van der Waals surface area contributed by atoms with Gasteiger partial charge in [-0.3, -0.25) is 0 Å². The number of carbonyl (C=O) groups is 2. The number of nitrogens with two attached hydrogens (primary N) is 1. The maximum absolute atomic E-state index is 11.9. The Morgan fingerprint density at radius 3 is 2.74 bits per heavy atom. The van der Waals surface area contributed by atoms with Gasteiger partial charge in [-0.05, 0) is 26.7 Å². The molecule has 19 heavy (non-hydrogen) atoms. The maximum Gasteiger partial charge on any atom is 0.356 e. The Morgan fingerprint density at radius 1 is 1.42 bits per heavy atom. The van der Waals surface area contributed by atoms with Gasteiger partial charge in [0.25, 0.3) is 0 Å². The first kappa shape index (κ1) is 13.8. The summed E-state index contributed by atoms with van der Waals surface area (Å²) in [5.41, 5.74) is 5.06. The van der Waals surface area contributed by atoms with E-state index < -0.39 is 23.6 Å². The molecule has 1 heterocycles. The van der Waals surface area contributed by atoms with Crippen molar-refractivity contribution in [1.29, 1.82) is 0 Å². The van der Waals surface area contributed by atoms with Gasteiger partial charge in [0.1, 0.15) is 0 Å². The Labute approximate surface area is 111 Å². The summed E-state index contributed by atoms with van der Waals surface area (Å²) >= 11 is 0. The topological polar surface area (TPSA) is 100 Å². The van der Waals surface area contributed by atoms with Gasteiger partial charge in [-0.25, -0.2) is 9.59 Å². The van der Waals surface area contributed by atoms with Gasteiger partial charge < -0.3 is 20.0 Å². The molecule has 1 aliphatic heterocycles. The smallest absolute Gasteiger partial charge is 0.356 e. The lowest BCUT2D eigenvalue weighted by Gasteiger charge is -2.26. The van der Waals surface area contributed by atoms with Gasteiger partial charge in [0.05, 0.1) is 19.1 Å². The molecule has 1 aliphatic carbocycles. The average molecular weight is 270 g/mol. The van der Waals surface area contributed by atoms with Crippen molar-refractivity contribution in [3.8, 4) is 0 Å². The van der Waals surface area contributed by atoms with E-state index in [1.807, 2.05) is 0 Å². The van der Waals surface area contributed by atoms with E-state index in [0.717, 1.165) is 0 Å². The van der Waals surface area contributed by atoms with Crippen molar-refractivity contribution < 1.29 is 23.9 Å². The molecule has 0 aromatic heterocycles. The summed E-state index contributed by atoms with van der Waals surface area (Å²) in [6.07, 6.45) is 0.308. The van der Waals surface area contributed by atoms with Crippen LogP contribution in [0.3, 0.4) is 0 Å². The van der Waals surface area contributed by atoms with Gasteiger partial charge in [0.15, 0.2) is 17.4 Å². The first-order valence-electron chi connectivity index (χ1n) is 6.41. The number of fused-ring (bicyclic) bond motifs is 1. The first-order valence-corrected chi connectivity index (χ1v) is 6.41. The van der Waals surface area contributed by atoms with E-state index in [-0.39, 0.29) is 24.8 Å². The van der Waals surface area contributed by atoms with Crippen molar-refractivity contribution in [3.05, 3.63) is 0 Å². The highest BCUT2D eigenvalue weighted by molar-refractivity contribution is 6.37. The van der Waals surface area contributed by atoms with Gasteiger partial charge in [-0.1, -0.05) is 5.16 Å². The fraction of sp³-hybridized carbons (Fsp3) is 0.750. The summed E-state index contributed by atoms with van der Waals surface area (Å²) in [6, 6.07) is 0. The van der Waals surface area contributed by atoms with Gasteiger partial charge >= 0.3 is 11.9 Å². The molecule has 0 amide bonds. The number of oxime groups is 1. The van der Waals surface area contributed by atoms with E-state index in [9.17, 15) is 9.59 Å². The summed E-state index contributed by atoms with van der Waals surface area (Å²) in [6.45, 7) is 3.94. The lowest BCUT2D eigenvalue weighted by Crippen LogP contribution is -2.56. The summed E-state index contributed by atoms with van der Waals surface area (Å²) < 4.78 is 9.87. The Bertz CT molecular complexity index is 422. The highest BCUT2D eigenvalue weighted by Crippen LogP contribution is 2.41. The van der Waals surface area contributed by atoms with Crippen molar-refractivity contribution in [3.63, 3.8) is 0 Å². The van der Waals surface area contributed by atoms with Crippen LogP contribution in [0, 0.1) is 5.92 Å². The molecule has 106 valence electrons. The molecule has 2 aliphatic rings. The Hall–Kier alpha value is -1.63. The van der Waals surface area contributed by atoms with E-state index in [0.29, 0.717) is 12.8 Å². The third-order valence-corrected chi connectivity index (χ3v) is 3.50. The van der Waals surface area contributed by atoms with Gasteiger partial charge in [-0.2, -0.15) is 0 Å². The van der Waals surface area contributed by atoms with Crippen LogP contribution >= 0.6 is 0 Å². The zero-order valence-electron chi connectivity index (χ0n) is 11.0. The van der Waals surface area contributed by atoms with Crippen LogP contribution in [0.2, 0.25) is 0 Å². The van der Waals surface area contributed by atoms with E-state index >= 15 is 0 Å². The molecule has 0 aromatic carbocycles. The zero-order chi connectivity index (χ0) is 14.0. The van der Waals surface area contributed by atoms with E-state index in [1.54, 1.807) is 13.8 Å². The second-order valence-corrected chi connectivity index (χ2v) is 4.63. The Kier molecular flexibility index (Phi) is 3.75. The molecular formula is C12H18N2O5. The molecule has 0 saturated heterocycles. The minimum atomic E-state index is -1.24. The van der Waals surface area contributed by atoms with E-state index in [4.69, 9.17) is 20.0 Å². The SMILES string of the molecule is CCOC(=O)C1=NO[C@H]2[C@@H]1CC[C@@]2(N)C(=O)OCC. The monoisotopic (exact) mass is 270 g/mol. The number of ether oxygens (including phenoxy) is 2. The molecule has 0 unspecified atom stereocenters. The lowest BCUT2D eigenvalue weighted by molar-refractivity contribution is -0.154. The fourth-order valence-electron chi connectivity index (χ4n) is 2.55. The summed E-state index contributed by atoms with van der Waals surface area (Å²) in [5.74, 6) is -1.32. The first-order chi connectivity index (χ1) is 9.04. The molecule has 7 heteroatoms.